The number of halogens is 1. The Bertz CT molecular complexity index is 409. The fourth-order valence-electron chi connectivity index (χ4n) is 2.48. The molecule has 0 atom stereocenters. The SMILES string of the molecule is OCCOc1ccc(Cl)cc1CNCC1CCNCC1. The zero-order valence-electron chi connectivity index (χ0n) is 11.7. The van der Waals surface area contributed by atoms with E-state index in [2.05, 4.69) is 10.6 Å². The van der Waals surface area contributed by atoms with Crippen LogP contribution in [0.4, 0.5) is 0 Å². The Kier molecular flexibility index (Phi) is 6.60. The van der Waals surface area contributed by atoms with Gasteiger partial charge in [0.15, 0.2) is 0 Å². The van der Waals surface area contributed by atoms with Crippen LogP contribution in [0.25, 0.3) is 0 Å². The van der Waals surface area contributed by atoms with Gasteiger partial charge >= 0.3 is 0 Å². The van der Waals surface area contributed by atoms with Gasteiger partial charge in [-0.15, -0.1) is 0 Å². The number of aliphatic hydroxyl groups is 1. The molecule has 0 aliphatic carbocycles. The molecule has 5 heteroatoms. The fraction of sp³-hybridized carbons (Fsp3) is 0.600. The van der Waals surface area contributed by atoms with Crippen LogP contribution in [0.3, 0.4) is 0 Å². The number of ether oxygens (including phenoxy) is 1. The summed E-state index contributed by atoms with van der Waals surface area (Å²) in [6, 6.07) is 5.59. The molecule has 1 aliphatic heterocycles. The molecule has 0 spiro atoms. The number of hydrogen-bond acceptors (Lipinski definition) is 4. The first-order valence-electron chi connectivity index (χ1n) is 7.23. The first-order valence-corrected chi connectivity index (χ1v) is 7.61. The number of rotatable bonds is 7. The van der Waals surface area contributed by atoms with Crippen LogP contribution < -0.4 is 15.4 Å². The summed E-state index contributed by atoms with van der Waals surface area (Å²) >= 11 is 6.04. The van der Waals surface area contributed by atoms with Crippen molar-refractivity contribution >= 4 is 11.6 Å². The summed E-state index contributed by atoms with van der Waals surface area (Å²) in [6.07, 6.45) is 2.47. The minimum Gasteiger partial charge on any atom is -0.491 e. The van der Waals surface area contributed by atoms with Crippen LogP contribution in [0.5, 0.6) is 5.75 Å². The van der Waals surface area contributed by atoms with Crippen LogP contribution >= 0.6 is 11.6 Å². The lowest BCUT2D eigenvalue weighted by Crippen LogP contribution is -2.33. The van der Waals surface area contributed by atoms with Crippen LogP contribution in [-0.4, -0.2) is 38.0 Å². The minimum absolute atomic E-state index is 0.0184. The van der Waals surface area contributed by atoms with Gasteiger partial charge in [0.2, 0.25) is 0 Å². The molecule has 1 saturated heterocycles. The van der Waals surface area contributed by atoms with Gasteiger partial charge in [-0.05, 0) is 56.6 Å². The second-order valence-electron chi connectivity index (χ2n) is 5.15. The van der Waals surface area contributed by atoms with E-state index in [-0.39, 0.29) is 6.61 Å². The van der Waals surface area contributed by atoms with E-state index in [4.69, 9.17) is 21.4 Å². The molecule has 0 radical (unpaired) electrons. The Hall–Kier alpha value is -0.810. The van der Waals surface area contributed by atoms with Crippen molar-refractivity contribution in [2.45, 2.75) is 19.4 Å². The Balaban J connectivity index is 1.85. The summed E-state index contributed by atoms with van der Waals surface area (Å²) in [6.45, 7) is 4.33. The number of piperidine rings is 1. The minimum atomic E-state index is 0.0184. The Morgan fingerprint density at radius 2 is 2.15 bits per heavy atom. The molecule has 4 nitrogen and oxygen atoms in total. The maximum atomic E-state index is 8.85. The predicted octanol–water partition coefficient (Wildman–Crippen LogP) is 1.80. The third-order valence-corrected chi connectivity index (χ3v) is 3.81. The summed E-state index contributed by atoms with van der Waals surface area (Å²) in [4.78, 5) is 0. The van der Waals surface area contributed by atoms with Crippen LogP contribution in [0.1, 0.15) is 18.4 Å². The molecule has 0 bridgehead atoms. The highest BCUT2D eigenvalue weighted by molar-refractivity contribution is 6.30. The molecule has 3 N–H and O–H groups in total. The molecule has 0 unspecified atom stereocenters. The van der Waals surface area contributed by atoms with Crippen LogP contribution in [0.15, 0.2) is 18.2 Å². The lowest BCUT2D eigenvalue weighted by Gasteiger charge is -2.23. The van der Waals surface area contributed by atoms with Gasteiger partial charge in [-0.3, -0.25) is 0 Å². The zero-order chi connectivity index (χ0) is 14.2. The molecule has 1 aromatic carbocycles. The van der Waals surface area contributed by atoms with Crippen molar-refractivity contribution < 1.29 is 9.84 Å². The summed E-state index contributed by atoms with van der Waals surface area (Å²) in [5.41, 5.74) is 1.04. The highest BCUT2D eigenvalue weighted by Crippen LogP contribution is 2.23. The molecule has 2 rings (SSSR count). The van der Waals surface area contributed by atoms with E-state index in [0.717, 1.165) is 43.4 Å². The van der Waals surface area contributed by atoms with Gasteiger partial charge in [-0.2, -0.15) is 0 Å². The molecule has 1 aliphatic rings. The highest BCUT2D eigenvalue weighted by atomic mass is 35.5. The first-order chi connectivity index (χ1) is 9.79. The molecule has 0 saturated carbocycles. The van der Waals surface area contributed by atoms with Crippen molar-refractivity contribution in [1.29, 1.82) is 0 Å². The second kappa shape index (κ2) is 8.47. The maximum absolute atomic E-state index is 8.85. The van der Waals surface area contributed by atoms with Gasteiger partial charge in [0.1, 0.15) is 12.4 Å². The van der Waals surface area contributed by atoms with Gasteiger partial charge in [-0.25, -0.2) is 0 Å². The molecule has 0 aromatic heterocycles. The van der Waals surface area contributed by atoms with Crippen molar-refractivity contribution in [1.82, 2.24) is 10.6 Å². The van der Waals surface area contributed by atoms with Crippen molar-refractivity contribution in [3.8, 4) is 5.75 Å². The van der Waals surface area contributed by atoms with E-state index in [1.54, 1.807) is 0 Å². The monoisotopic (exact) mass is 298 g/mol. The first kappa shape index (κ1) is 15.6. The largest absolute Gasteiger partial charge is 0.491 e. The van der Waals surface area contributed by atoms with Gasteiger partial charge in [0.25, 0.3) is 0 Å². The van der Waals surface area contributed by atoms with Crippen molar-refractivity contribution in [2.75, 3.05) is 32.8 Å². The average Bonchev–Trinajstić information content (AvgIpc) is 2.47. The molecule has 1 aromatic rings. The zero-order valence-corrected chi connectivity index (χ0v) is 12.5. The molecule has 1 heterocycles. The van der Waals surface area contributed by atoms with Gasteiger partial charge < -0.3 is 20.5 Å². The van der Waals surface area contributed by atoms with Gasteiger partial charge in [0, 0.05) is 17.1 Å². The van der Waals surface area contributed by atoms with E-state index in [1.165, 1.54) is 12.8 Å². The molecule has 20 heavy (non-hydrogen) atoms. The summed E-state index contributed by atoms with van der Waals surface area (Å²) in [5.74, 6) is 1.54. The second-order valence-corrected chi connectivity index (χ2v) is 5.58. The summed E-state index contributed by atoms with van der Waals surface area (Å²) in [5, 5.41) is 16.4. The quantitative estimate of drug-likeness (QED) is 0.718. The van der Waals surface area contributed by atoms with Crippen molar-refractivity contribution in [3.05, 3.63) is 28.8 Å². The number of hydrogen-bond donors (Lipinski definition) is 3. The Morgan fingerprint density at radius 3 is 2.90 bits per heavy atom. The number of benzene rings is 1. The van der Waals surface area contributed by atoms with Crippen LogP contribution in [0.2, 0.25) is 5.02 Å². The number of aliphatic hydroxyl groups excluding tert-OH is 1. The molecular formula is C15H23ClN2O2. The molecule has 0 amide bonds. The lowest BCUT2D eigenvalue weighted by molar-refractivity contribution is 0.200. The molecular weight excluding hydrogens is 276 g/mol. The third-order valence-electron chi connectivity index (χ3n) is 3.58. The van der Waals surface area contributed by atoms with E-state index in [1.807, 2.05) is 18.2 Å². The summed E-state index contributed by atoms with van der Waals surface area (Å²) < 4.78 is 5.53. The van der Waals surface area contributed by atoms with Gasteiger partial charge in [-0.1, -0.05) is 11.6 Å². The standard InChI is InChI=1S/C15H23ClN2O2/c16-14-1-2-15(20-8-7-19)13(9-14)11-18-10-12-3-5-17-6-4-12/h1-2,9,12,17-19H,3-8,10-11H2. The predicted molar refractivity (Wildman–Crippen MR) is 81.3 cm³/mol. The fourth-order valence-corrected chi connectivity index (χ4v) is 2.67. The molecule has 112 valence electrons. The van der Waals surface area contributed by atoms with Crippen molar-refractivity contribution in [3.63, 3.8) is 0 Å². The van der Waals surface area contributed by atoms with E-state index >= 15 is 0 Å². The highest BCUT2D eigenvalue weighted by Gasteiger charge is 2.12. The topological polar surface area (TPSA) is 53.5 Å². The lowest BCUT2D eigenvalue weighted by atomic mass is 9.98. The smallest absolute Gasteiger partial charge is 0.124 e. The van der Waals surface area contributed by atoms with Crippen LogP contribution in [-0.2, 0) is 6.54 Å². The normalized spacial score (nSPS) is 16.3. The third kappa shape index (κ3) is 4.94. The Labute approximate surface area is 125 Å². The van der Waals surface area contributed by atoms with E-state index in [9.17, 15) is 0 Å². The van der Waals surface area contributed by atoms with E-state index in [0.29, 0.717) is 11.6 Å². The van der Waals surface area contributed by atoms with Crippen molar-refractivity contribution in [2.24, 2.45) is 5.92 Å². The number of nitrogens with one attached hydrogen (secondary N) is 2. The Morgan fingerprint density at radius 1 is 1.35 bits per heavy atom. The van der Waals surface area contributed by atoms with E-state index < -0.39 is 0 Å². The average molecular weight is 299 g/mol. The maximum Gasteiger partial charge on any atom is 0.124 e. The van der Waals surface area contributed by atoms with Gasteiger partial charge in [0.05, 0.1) is 6.61 Å². The summed E-state index contributed by atoms with van der Waals surface area (Å²) in [7, 11) is 0. The van der Waals surface area contributed by atoms with Crippen LogP contribution in [0, 0.1) is 5.92 Å². The molecule has 1 fully saturated rings.